The number of nitrogens with one attached hydrogen (secondary N) is 1. The molecular weight excluding hydrogens is 316 g/mol. The highest BCUT2D eigenvalue weighted by Crippen LogP contribution is 2.25. The first-order valence-electron chi connectivity index (χ1n) is 7.18. The van der Waals surface area contributed by atoms with Crippen molar-refractivity contribution < 1.29 is 9.59 Å². The molecule has 0 aliphatic heterocycles. The van der Waals surface area contributed by atoms with Crippen LogP contribution in [0, 0.1) is 13.8 Å². The lowest BCUT2D eigenvalue weighted by atomic mass is 10.2. The zero-order valence-corrected chi connectivity index (χ0v) is 14.7. The van der Waals surface area contributed by atoms with Crippen molar-refractivity contribution in [2.24, 2.45) is 0 Å². The van der Waals surface area contributed by atoms with E-state index < -0.39 is 11.9 Å². The summed E-state index contributed by atoms with van der Waals surface area (Å²) in [6.07, 6.45) is 1.37. The molecule has 2 aromatic heterocycles. The van der Waals surface area contributed by atoms with Gasteiger partial charge >= 0.3 is 0 Å². The van der Waals surface area contributed by atoms with Crippen molar-refractivity contribution in [2.75, 3.05) is 14.1 Å². The number of amides is 2. The zero-order valence-electron chi connectivity index (χ0n) is 13.8. The molecule has 1 atom stereocenters. The number of hydrogen-bond acceptors (Lipinski definition) is 5. The van der Waals surface area contributed by atoms with Crippen molar-refractivity contribution in [3.05, 3.63) is 27.1 Å². The maximum atomic E-state index is 12.5. The number of thiophene rings is 1. The Bertz CT molecular complexity index is 822. The summed E-state index contributed by atoms with van der Waals surface area (Å²) in [5.74, 6) is -0.607. The predicted octanol–water partition coefficient (Wildman–Crippen LogP) is 0.668. The Morgan fingerprint density at radius 2 is 2.04 bits per heavy atom. The second-order valence-electron chi connectivity index (χ2n) is 5.66. The summed E-state index contributed by atoms with van der Waals surface area (Å²) in [6, 6.07) is -0.643. The van der Waals surface area contributed by atoms with Gasteiger partial charge in [0.25, 0.3) is 5.56 Å². The Morgan fingerprint density at radius 1 is 1.39 bits per heavy atom. The molecule has 0 aliphatic carbocycles. The van der Waals surface area contributed by atoms with E-state index in [9.17, 15) is 14.4 Å². The van der Waals surface area contributed by atoms with Crippen molar-refractivity contribution >= 4 is 33.4 Å². The lowest BCUT2D eigenvalue weighted by Crippen LogP contribution is -2.45. The van der Waals surface area contributed by atoms with E-state index in [1.165, 1.54) is 27.1 Å². The van der Waals surface area contributed by atoms with E-state index >= 15 is 0 Å². The summed E-state index contributed by atoms with van der Waals surface area (Å²) in [7, 11) is 3.24. The van der Waals surface area contributed by atoms with Crippen molar-refractivity contribution in [3.8, 4) is 0 Å². The number of nitrogens with zero attached hydrogens (tertiary/aromatic N) is 3. The van der Waals surface area contributed by atoms with E-state index in [0.29, 0.717) is 10.2 Å². The normalized spacial score (nSPS) is 12.2. The molecule has 0 unspecified atom stereocenters. The Morgan fingerprint density at radius 3 is 2.65 bits per heavy atom. The lowest BCUT2D eigenvalue weighted by molar-refractivity contribution is -0.134. The van der Waals surface area contributed by atoms with Gasteiger partial charge in [0.15, 0.2) is 0 Å². The molecule has 124 valence electrons. The van der Waals surface area contributed by atoms with Gasteiger partial charge in [-0.25, -0.2) is 4.98 Å². The fourth-order valence-electron chi connectivity index (χ4n) is 2.27. The van der Waals surface area contributed by atoms with Crippen LogP contribution in [0.5, 0.6) is 0 Å². The molecule has 2 rings (SSSR count). The number of carbonyl (C=O) groups excluding carboxylic acids is 2. The second kappa shape index (κ2) is 6.49. The smallest absolute Gasteiger partial charge is 0.262 e. The number of rotatable bonds is 4. The predicted molar refractivity (Wildman–Crippen MR) is 89.7 cm³/mol. The van der Waals surface area contributed by atoms with E-state index in [4.69, 9.17) is 0 Å². The number of aryl methyl sites for hydroxylation is 2. The van der Waals surface area contributed by atoms with Crippen LogP contribution in [0.4, 0.5) is 0 Å². The van der Waals surface area contributed by atoms with Gasteiger partial charge < -0.3 is 10.2 Å². The van der Waals surface area contributed by atoms with Crippen molar-refractivity contribution in [1.29, 1.82) is 0 Å². The Kier molecular flexibility index (Phi) is 4.84. The van der Waals surface area contributed by atoms with Gasteiger partial charge in [0.05, 0.1) is 11.7 Å². The summed E-state index contributed by atoms with van der Waals surface area (Å²) in [5, 5.41) is 3.15. The number of carbonyl (C=O) groups is 2. The van der Waals surface area contributed by atoms with Gasteiger partial charge in [0, 0.05) is 19.0 Å². The topological polar surface area (TPSA) is 84.3 Å². The van der Waals surface area contributed by atoms with Crippen LogP contribution in [0.1, 0.15) is 17.4 Å². The van der Waals surface area contributed by atoms with E-state index in [1.807, 2.05) is 13.8 Å². The molecule has 2 amide bonds. The lowest BCUT2D eigenvalue weighted by Gasteiger charge is -2.18. The van der Waals surface area contributed by atoms with E-state index in [1.54, 1.807) is 21.0 Å². The number of likely N-dealkylation sites (N-methyl/N-ethyl adjacent to an activating group) is 1. The van der Waals surface area contributed by atoms with Crippen LogP contribution >= 0.6 is 11.3 Å². The SMILES string of the molecule is Cc1sc2ncn(CC(=O)N[C@H](C)C(=O)N(C)C)c(=O)c2c1C. The molecule has 23 heavy (non-hydrogen) atoms. The summed E-state index contributed by atoms with van der Waals surface area (Å²) >= 11 is 1.46. The Labute approximate surface area is 137 Å². The summed E-state index contributed by atoms with van der Waals surface area (Å²) in [6.45, 7) is 5.25. The molecular formula is C15H20N4O3S. The molecule has 2 heterocycles. The van der Waals surface area contributed by atoms with Crippen LogP contribution in [0.25, 0.3) is 10.2 Å². The van der Waals surface area contributed by atoms with Gasteiger partial charge in [-0.3, -0.25) is 19.0 Å². The molecule has 0 fully saturated rings. The van der Waals surface area contributed by atoms with Gasteiger partial charge in [-0.2, -0.15) is 0 Å². The molecule has 0 aliphatic rings. The average molecular weight is 336 g/mol. The van der Waals surface area contributed by atoms with Crippen molar-refractivity contribution in [2.45, 2.75) is 33.4 Å². The Balaban J connectivity index is 2.20. The third-order valence-electron chi connectivity index (χ3n) is 3.66. The molecule has 0 aromatic carbocycles. The molecule has 2 aromatic rings. The van der Waals surface area contributed by atoms with Crippen molar-refractivity contribution in [3.63, 3.8) is 0 Å². The minimum Gasteiger partial charge on any atom is -0.347 e. The summed E-state index contributed by atoms with van der Waals surface area (Å²) in [5.41, 5.74) is 0.659. The molecule has 0 bridgehead atoms. The highest BCUT2D eigenvalue weighted by molar-refractivity contribution is 7.18. The quantitative estimate of drug-likeness (QED) is 0.889. The van der Waals surface area contributed by atoms with Crippen LogP contribution in [-0.2, 0) is 16.1 Å². The summed E-state index contributed by atoms with van der Waals surface area (Å²) < 4.78 is 1.27. The molecule has 8 heteroatoms. The van der Waals surface area contributed by atoms with Crippen LogP contribution in [0.15, 0.2) is 11.1 Å². The third kappa shape index (κ3) is 3.42. The first-order chi connectivity index (χ1) is 10.7. The van der Waals surface area contributed by atoms with E-state index in [-0.39, 0.29) is 18.0 Å². The largest absolute Gasteiger partial charge is 0.347 e. The average Bonchev–Trinajstić information content (AvgIpc) is 2.76. The monoisotopic (exact) mass is 336 g/mol. The van der Waals surface area contributed by atoms with Gasteiger partial charge in [-0.15, -0.1) is 11.3 Å². The Hall–Kier alpha value is -2.22. The van der Waals surface area contributed by atoms with Crippen molar-refractivity contribution in [1.82, 2.24) is 19.8 Å². The van der Waals surface area contributed by atoms with Crippen LogP contribution < -0.4 is 10.9 Å². The fourth-order valence-corrected chi connectivity index (χ4v) is 3.26. The van der Waals surface area contributed by atoms with Gasteiger partial charge in [-0.1, -0.05) is 0 Å². The maximum absolute atomic E-state index is 12.5. The minimum atomic E-state index is -0.643. The molecule has 7 nitrogen and oxygen atoms in total. The standard InChI is InChI=1S/C15H20N4O3S/c1-8-10(3)23-13-12(8)15(22)19(7-16-13)6-11(20)17-9(2)14(21)18(4)5/h7,9H,6H2,1-5H3,(H,17,20)/t9-/m1/s1. The number of aromatic nitrogens is 2. The number of hydrogen-bond donors (Lipinski definition) is 1. The van der Waals surface area contributed by atoms with Crippen LogP contribution in [0.3, 0.4) is 0 Å². The molecule has 0 spiro atoms. The number of fused-ring (bicyclic) bond motifs is 1. The molecule has 1 N–H and O–H groups in total. The maximum Gasteiger partial charge on any atom is 0.262 e. The van der Waals surface area contributed by atoms with Gasteiger partial charge in [0.1, 0.15) is 17.4 Å². The minimum absolute atomic E-state index is 0.166. The molecule has 0 saturated carbocycles. The van der Waals surface area contributed by atoms with Crippen LogP contribution in [-0.4, -0.2) is 46.4 Å². The zero-order chi connectivity index (χ0) is 17.3. The first-order valence-corrected chi connectivity index (χ1v) is 7.99. The fraction of sp³-hybridized carbons (Fsp3) is 0.467. The summed E-state index contributed by atoms with van der Waals surface area (Å²) in [4.78, 5) is 43.7. The van der Waals surface area contributed by atoms with Gasteiger partial charge in [-0.05, 0) is 26.3 Å². The highest BCUT2D eigenvalue weighted by atomic mass is 32.1. The third-order valence-corrected chi connectivity index (χ3v) is 4.77. The molecule has 0 radical (unpaired) electrons. The van der Waals surface area contributed by atoms with Gasteiger partial charge in [0.2, 0.25) is 11.8 Å². The molecule has 0 saturated heterocycles. The highest BCUT2D eigenvalue weighted by Gasteiger charge is 2.18. The first kappa shape index (κ1) is 17.1. The van der Waals surface area contributed by atoms with E-state index in [2.05, 4.69) is 10.3 Å². The second-order valence-corrected chi connectivity index (χ2v) is 6.87. The van der Waals surface area contributed by atoms with Crippen LogP contribution in [0.2, 0.25) is 0 Å². The van der Waals surface area contributed by atoms with E-state index in [0.717, 1.165) is 10.4 Å².